The Hall–Kier alpha value is 0.700. The summed E-state index contributed by atoms with van der Waals surface area (Å²) in [5, 5.41) is 0. The first-order valence-corrected chi connectivity index (χ1v) is 4.84. The van der Waals surface area contributed by atoms with Gasteiger partial charge in [0.15, 0.2) is 0 Å². The number of thiol groups is 2. The molecule has 0 N–H and O–H groups in total. The lowest BCUT2D eigenvalue weighted by atomic mass is 9.76. The molecule has 0 aliphatic heterocycles. The summed E-state index contributed by atoms with van der Waals surface area (Å²) in [7, 11) is 0. The molecule has 0 rings (SSSR count). The Kier molecular flexibility index (Phi) is 3.06. The van der Waals surface area contributed by atoms with Crippen molar-refractivity contribution >= 4 is 25.3 Å². The zero-order valence-corrected chi connectivity index (χ0v) is 10.2. The average Bonchev–Trinajstić information content (AvgIpc) is 1.58. The molecule has 0 spiro atoms. The summed E-state index contributed by atoms with van der Waals surface area (Å²) in [6.07, 6.45) is 0. The minimum Gasteiger partial charge on any atom is -0.161 e. The van der Waals surface area contributed by atoms with Crippen molar-refractivity contribution in [2.24, 2.45) is 10.8 Å². The van der Waals surface area contributed by atoms with E-state index in [9.17, 15) is 0 Å². The van der Waals surface area contributed by atoms with Crippen LogP contribution in [0.1, 0.15) is 41.5 Å². The SMILES string of the molecule is CC(C)(C)C(S)(S)C(C)(C)C. The summed E-state index contributed by atoms with van der Waals surface area (Å²) in [5.74, 6) is 0. The average molecular weight is 192 g/mol. The van der Waals surface area contributed by atoms with Crippen molar-refractivity contribution in [2.75, 3.05) is 0 Å². The van der Waals surface area contributed by atoms with Crippen molar-refractivity contribution in [1.82, 2.24) is 0 Å². The molecule has 68 valence electrons. The summed E-state index contributed by atoms with van der Waals surface area (Å²) >= 11 is 9.22. The van der Waals surface area contributed by atoms with Gasteiger partial charge in [-0.05, 0) is 10.8 Å². The van der Waals surface area contributed by atoms with E-state index in [2.05, 4.69) is 66.8 Å². The van der Waals surface area contributed by atoms with Gasteiger partial charge in [0.2, 0.25) is 0 Å². The van der Waals surface area contributed by atoms with E-state index in [-0.39, 0.29) is 14.9 Å². The summed E-state index contributed by atoms with van der Waals surface area (Å²) in [5.41, 5.74) is 0.217. The maximum absolute atomic E-state index is 4.61. The first kappa shape index (κ1) is 11.7. The summed E-state index contributed by atoms with van der Waals surface area (Å²) in [6, 6.07) is 0. The van der Waals surface area contributed by atoms with Gasteiger partial charge < -0.3 is 0 Å². The van der Waals surface area contributed by atoms with Gasteiger partial charge in [-0.25, -0.2) is 0 Å². The molecule has 2 heteroatoms. The predicted octanol–water partition coefficient (Wildman–Crippen LogP) is 3.63. The van der Waals surface area contributed by atoms with E-state index in [0.717, 1.165) is 0 Å². The highest BCUT2D eigenvalue weighted by Gasteiger charge is 2.44. The Balaban J connectivity index is 4.75. The van der Waals surface area contributed by atoms with Crippen molar-refractivity contribution in [3.63, 3.8) is 0 Å². The topological polar surface area (TPSA) is 0 Å². The van der Waals surface area contributed by atoms with Crippen LogP contribution >= 0.6 is 25.3 Å². The highest BCUT2D eigenvalue weighted by atomic mass is 32.2. The van der Waals surface area contributed by atoms with Gasteiger partial charge in [-0.3, -0.25) is 0 Å². The molecule has 0 fully saturated rings. The van der Waals surface area contributed by atoms with Crippen LogP contribution in [0.5, 0.6) is 0 Å². The fraction of sp³-hybridized carbons (Fsp3) is 1.00. The molecule has 0 aliphatic rings. The van der Waals surface area contributed by atoms with Crippen molar-refractivity contribution in [2.45, 2.75) is 45.6 Å². The van der Waals surface area contributed by atoms with Crippen molar-refractivity contribution < 1.29 is 0 Å². The number of hydrogen-bond donors (Lipinski definition) is 2. The second-order valence-electron chi connectivity index (χ2n) is 5.17. The molecule has 0 unspecified atom stereocenters. The fourth-order valence-corrected chi connectivity index (χ4v) is 1.12. The Labute approximate surface area is 82.0 Å². The van der Waals surface area contributed by atoms with E-state index in [0.29, 0.717) is 0 Å². The van der Waals surface area contributed by atoms with Gasteiger partial charge in [-0.15, -0.1) is 0 Å². The molecule has 0 nitrogen and oxygen atoms in total. The van der Waals surface area contributed by atoms with Crippen LogP contribution in [0.2, 0.25) is 0 Å². The van der Waals surface area contributed by atoms with E-state index in [1.54, 1.807) is 0 Å². The second kappa shape index (κ2) is 2.88. The molecule has 0 heterocycles. The minimum absolute atomic E-state index is 0.109. The van der Waals surface area contributed by atoms with Gasteiger partial charge in [0.25, 0.3) is 0 Å². The third-order valence-corrected chi connectivity index (χ3v) is 4.77. The minimum atomic E-state index is -0.236. The van der Waals surface area contributed by atoms with E-state index < -0.39 is 0 Å². The van der Waals surface area contributed by atoms with Crippen LogP contribution in [0.4, 0.5) is 0 Å². The highest BCUT2D eigenvalue weighted by molar-refractivity contribution is 8.00. The Bertz CT molecular complexity index is 119. The molecule has 0 radical (unpaired) electrons. The van der Waals surface area contributed by atoms with Crippen LogP contribution in [0, 0.1) is 10.8 Å². The van der Waals surface area contributed by atoms with Crippen LogP contribution < -0.4 is 0 Å². The molecule has 0 amide bonds. The first-order chi connectivity index (χ1) is 4.50. The molecule has 0 saturated heterocycles. The standard InChI is InChI=1S/C9H20S2/c1-7(2,3)9(10,11)8(4,5)6/h10-11H,1-6H3. The lowest BCUT2D eigenvalue weighted by Crippen LogP contribution is -2.43. The van der Waals surface area contributed by atoms with Crippen LogP contribution in [0.15, 0.2) is 0 Å². The molecule has 0 saturated carbocycles. The summed E-state index contributed by atoms with van der Waals surface area (Å²) < 4.78 is -0.236. The summed E-state index contributed by atoms with van der Waals surface area (Å²) in [6.45, 7) is 13.0. The van der Waals surface area contributed by atoms with Crippen LogP contribution in [-0.2, 0) is 0 Å². The van der Waals surface area contributed by atoms with Gasteiger partial charge in [0.1, 0.15) is 0 Å². The largest absolute Gasteiger partial charge is 0.161 e. The molecule has 0 aromatic heterocycles. The van der Waals surface area contributed by atoms with E-state index in [1.165, 1.54) is 0 Å². The normalized spacial score (nSPS) is 15.3. The Morgan fingerprint density at radius 1 is 0.636 bits per heavy atom. The van der Waals surface area contributed by atoms with Crippen molar-refractivity contribution in [1.29, 1.82) is 0 Å². The van der Waals surface area contributed by atoms with Crippen LogP contribution in [0.3, 0.4) is 0 Å². The summed E-state index contributed by atoms with van der Waals surface area (Å²) in [4.78, 5) is 0. The van der Waals surface area contributed by atoms with Gasteiger partial charge in [0.05, 0.1) is 4.08 Å². The van der Waals surface area contributed by atoms with E-state index in [1.807, 2.05) is 0 Å². The van der Waals surface area contributed by atoms with Gasteiger partial charge in [0, 0.05) is 0 Å². The van der Waals surface area contributed by atoms with Crippen LogP contribution in [0.25, 0.3) is 0 Å². The maximum atomic E-state index is 4.61. The molecular weight excluding hydrogens is 172 g/mol. The lowest BCUT2D eigenvalue weighted by Gasteiger charge is -2.46. The van der Waals surface area contributed by atoms with E-state index in [4.69, 9.17) is 0 Å². The number of rotatable bonds is 0. The van der Waals surface area contributed by atoms with Gasteiger partial charge in [-0.1, -0.05) is 41.5 Å². The molecule has 0 bridgehead atoms. The predicted molar refractivity (Wildman–Crippen MR) is 59.6 cm³/mol. The molecule has 11 heavy (non-hydrogen) atoms. The zero-order chi connectivity index (χ0) is 9.50. The molecule has 0 aliphatic carbocycles. The Morgan fingerprint density at radius 3 is 0.818 bits per heavy atom. The van der Waals surface area contributed by atoms with Gasteiger partial charge in [-0.2, -0.15) is 25.3 Å². The Morgan fingerprint density at radius 2 is 0.818 bits per heavy atom. The quantitative estimate of drug-likeness (QED) is 0.425. The smallest absolute Gasteiger partial charge is 0.0647 e. The number of hydrogen-bond acceptors (Lipinski definition) is 2. The van der Waals surface area contributed by atoms with Crippen LogP contribution in [-0.4, -0.2) is 4.08 Å². The van der Waals surface area contributed by atoms with Crippen molar-refractivity contribution in [3.05, 3.63) is 0 Å². The lowest BCUT2D eigenvalue weighted by molar-refractivity contribution is 0.225. The first-order valence-electron chi connectivity index (χ1n) is 3.95. The maximum Gasteiger partial charge on any atom is 0.0647 e. The van der Waals surface area contributed by atoms with Crippen molar-refractivity contribution in [3.8, 4) is 0 Å². The zero-order valence-electron chi connectivity index (χ0n) is 8.39. The van der Waals surface area contributed by atoms with Gasteiger partial charge >= 0.3 is 0 Å². The third kappa shape index (κ3) is 2.32. The molecule has 0 aromatic carbocycles. The fourth-order valence-electron chi connectivity index (χ4n) is 1.12. The molecule has 0 atom stereocenters. The molecule has 0 aromatic rings. The molecular formula is C9H20S2. The second-order valence-corrected chi connectivity index (χ2v) is 6.87. The van der Waals surface area contributed by atoms with E-state index >= 15 is 0 Å². The highest BCUT2D eigenvalue weighted by Crippen LogP contribution is 2.51. The third-order valence-electron chi connectivity index (χ3n) is 2.09. The monoisotopic (exact) mass is 192 g/mol.